The number of carbonyl (C=O) groups excluding carboxylic acids is 1. The normalized spacial score (nSPS) is 13.6. The van der Waals surface area contributed by atoms with Gasteiger partial charge in [-0.1, -0.05) is 30.3 Å². The Morgan fingerprint density at radius 1 is 1.12 bits per heavy atom. The summed E-state index contributed by atoms with van der Waals surface area (Å²) in [4.78, 5) is 12.5. The molecule has 0 fully saturated rings. The van der Waals surface area contributed by atoms with Crippen molar-refractivity contribution in [2.75, 3.05) is 6.61 Å². The molecule has 0 spiro atoms. The molecule has 0 aliphatic rings. The summed E-state index contributed by atoms with van der Waals surface area (Å²) in [5, 5.41) is 9.25. The Hall–Kier alpha value is -1.91. The molecule has 1 unspecified atom stereocenters. The molecule has 2 rings (SSSR count). The zero-order valence-corrected chi connectivity index (χ0v) is 15.4. The Kier molecular flexibility index (Phi) is 6.97. The van der Waals surface area contributed by atoms with Crippen LogP contribution in [0, 0.1) is 0 Å². The van der Waals surface area contributed by atoms with Crippen molar-refractivity contribution >= 4 is 5.78 Å². The first-order valence-corrected chi connectivity index (χ1v) is 9.04. The minimum absolute atomic E-state index is 0.0371. The lowest BCUT2D eigenvalue weighted by Gasteiger charge is -2.21. The van der Waals surface area contributed by atoms with E-state index in [-0.39, 0.29) is 12.4 Å². The summed E-state index contributed by atoms with van der Waals surface area (Å²) in [5.41, 5.74) is 8.57. The molecule has 4 nitrogen and oxygen atoms in total. The average molecular weight is 342 g/mol. The highest BCUT2D eigenvalue weighted by atomic mass is 16.3. The van der Waals surface area contributed by atoms with Crippen LogP contribution < -0.4 is 5.73 Å². The number of aliphatic hydroxyl groups excluding tert-OH is 1. The van der Waals surface area contributed by atoms with Crippen LogP contribution in [-0.4, -0.2) is 27.6 Å². The van der Waals surface area contributed by atoms with Gasteiger partial charge in [0.1, 0.15) is 0 Å². The quantitative estimate of drug-likeness (QED) is 0.514. The number of rotatable bonds is 10. The summed E-state index contributed by atoms with van der Waals surface area (Å²) < 4.78 is 1.97. The van der Waals surface area contributed by atoms with Gasteiger partial charge in [0.15, 0.2) is 5.78 Å². The maximum Gasteiger partial charge on any atom is 0.179 e. The van der Waals surface area contributed by atoms with Crippen LogP contribution in [0.2, 0.25) is 0 Å². The van der Waals surface area contributed by atoms with Gasteiger partial charge in [0.05, 0.1) is 12.3 Å². The zero-order valence-electron chi connectivity index (χ0n) is 15.4. The summed E-state index contributed by atoms with van der Waals surface area (Å²) in [6, 6.07) is 14.3. The maximum atomic E-state index is 12.5. The van der Waals surface area contributed by atoms with E-state index in [4.69, 9.17) is 5.73 Å². The number of nitrogens with zero attached hydrogens (tertiary/aromatic N) is 1. The van der Waals surface area contributed by atoms with Gasteiger partial charge in [-0.25, -0.2) is 0 Å². The van der Waals surface area contributed by atoms with Gasteiger partial charge in [0, 0.05) is 24.7 Å². The van der Waals surface area contributed by atoms with E-state index in [1.807, 2.05) is 36.7 Å². The summed E-state index contributed by atoms with van der Waals surface area (Å²) >= 11 is 0. The van der Waals surface area contributed by atoms with Gasteiger partial charge in [-0.15, -0.1) is 0 Å². The van der Waals surface area contributed by atoms with Crippen LogP contribution in [0.25, 0.3) is 0 Å². The fraction of sp³-hybridized carbons (Fsp3) is 0.476. The van der Waals surface area contributed by atoms with Gasteiger partial charge in [0.2, 0.25) is 0 Å². The predicted octanol–water partition coefficient (Wildman–Crippen LogP) is 3.26. The van der Waals surface area contributed by atoms with Crippen LogP contribution >= 0.6 is 0 Å². The molecule has 0 bridgehead atoms. The number of carbonyl (C=O) groups is 1. The second-order valence-electron chi connectivity index (χ2n) is 7.20. The lowest BCUT2D eigenvalue weighted by molar-refractivity contribution is 0.0971. The fourth-order valence-electron chi connectivity index (χ4n) is 2.96. The number of Topliss-reactive ketones (excluding diaryl/α,β-unsaturated/α-hetero) is 1. The second-order valence-corrected chi connectivity index (χ2v) is 7.20. The third kappa shape index (κ3) is 5.83. The number of aliphatic hydroxyl groups is 1. The highest BCUT2D eigenvalue weighted by Crippen LogP contribution is 2.16. The van der Waals surface area contributed by atoms with Gasteiger partial charge in [-0.3, -0.25) is 4.79 Å². The van der Waals surface area contributed by atoms with Crippen molar-refractivity contribution in [2.24, 2.45) is 12.8 Å². The molecule has 0 saturated heterocycles. The summed E-state index contributed by atoms with van der Waals surface area (Å²) in [7, 11) is 1.93. The van der Waals surface area contributed by atoms with Gasteiger partial charge >= 0.3 is 0 Å². The summed E-state index contributed by atoms with van der Waals surface area (Å²) in [6.45, 7) is 1.80. The Morgan fingerprint density at radius 3 is 2.52 bits per heavy atom. The zero-order chi connectivity index (χ0) is 18.3. The SMILES string of the molecule is Cn1c(CCC(C)(N)CO)ccc1C(=O)CCCCc1ccccc1. The van der Waals surface area contributed by atoms with E-state index < -0.39 is 5.54 Å². The number of benzene rings is 1. The summed E-state index contributed by atoms with van der Waals surface area (Å²) in [6.07, 6.45) is 4.96. The number of aryl methyl sites for hydroxylation is 2. The lowest BCUT2D eigenvalue weighted by atomic mass is 9.97. The Balaban J connectivity index is 1.81. The molecule has 1 atom stereocenters. The number of aromatic nitrogens is 1. The molecule has 0 amide bonds. The standard InChI is InChI=1S/C21H30N2O2/c1-21(22,16-24)15-14-18-12-13-19(23(18)2)20(25)11-7-6-10-17-8-4-3-5-9-17/h3-5,8-9,12-13,24H,6-7,10-11,14-16,22H2,1-2H3. The first-order chi connectivity index (χ1) is 11.9. The maximum absolute atomic E-state index is 12.5. The van der Waals surface area contributed by atoms with Crippen molar-refractivity contribution in [2.45, 2.75) is 51.0 Å². The van der Waals surface area contributed by atoms with Crippen LogP contribution in [0.4, 0.5) is 0 Å². The molecule has 3 N–H and O–H groups in total. The van der Waals surface area contributed by atoms with Crippen LogP contribution in [0.1, 0.15) is 54.4 Å². The smallest absolute Gasteiger partial charge is 0.179 e. The molecule has 1 heterocycles. The minimum atomic E-state index is -0.577. The van der Waals surface area contributed by atoms with E-state index in [0.29, 0.717) is 12.8 Å². The van der Waals surface area contributed by atoms with Gasteiger partial charge in [-0.05, 0) is 56.7 Å². The first kappa shape index (κ1) is 19.4. The van der Waals surface area contributed by atoms with Crippen LogP contribution in [0.5, 0.6) is 0 Å². The number of hydrogen-bond donors (Lipinski definition) is 2. The average Bonchev–Trinajstić information content (AvgIpc) is 2.98. The molecule has 0 radical (unpaired) electrons. The third-order valence-electron chi connectivity index (χ3n) is 4.79. The van der Waals surface area contributed by atoms with Crippen LogP contribution in [0.3, 0.4) is 0 Å². The van der Waals surface area contributed by atoms with Crippen molar-refractivity contribution in [3.05, 3.63) is 59.4 Å². The minimum Gasteiger partial charge on any atom is -0.394 e. The molecule has 0 aliphatic heterocycles. The van der Waals surface area contributed by atoms with Crippen molar-refractivity contribution in [1.29, 1.82) is 0 Å². The second kappa shape index (κ2) is 8.97. The molecule has 1 aromatic heterocycles. The Morgan fingerprint density at radius 2 is 1.84 bits per heavy atom. The fourth-order valence-corrected chi connectivity index (χ4v) is 2.96. The van der Waals surface area contributed by atoms with E-state index in [0.717, 1.165) is 37.1 Å². The van der Waals surface area contributed by atoms with E-state index in [9.17, 15) is 9.90 Å². The molecule has 136 valence electrons. The summed E-state index contributed by atoms with van der Waals surface area (Å²) in [5.74, 6) is 0.194. The van der Waals surface area contributed by atoms with Crippen molar-refractivity contribution in [1.82, 2.24) is 4.57 Å². The first-order valence-electron chi connectivity index (χ1n) is 9.04. The lowest BCUT2D eigenvalue weighted by Crippen LogP contribution is -2.40. The number of ketones is 1. The molecule has 0 saturated carbocycles. The number of unbranched alkanes of at least 4 members (excludes halogenated alkanes) is 1. The van der Waals surface area contributed by atoms with Gasteiger partial charge in [-0.2, -0.15) is 0 Å². The molecular weight excluding hydrogens is 312 g/mol. The van der Waals surface area contributed by atoms with Gasteiger partial charge in [0.25, 0.3) is 0 Å². The molecular formula is C21H30N2O2. The molecule has 0 aliphatic carbocycles. The monoisotopic (exact) mass is 342 g/mol. The Bertz CT molecular complexity index is 674. The van der Waals surface area contributed by atoms with Crippen molar-refractivity contribution < 1.29 is 9.90 Å². The van der Waals surface area contributed by atoms with Gasteiger partial charge < -0.3 is 15.4 Å². The largest absolute Gasteiger partial charge is 0.394 e. The van der Waals surface area contributed by atoms with Crippen molar-refractivity contribution in [3.63, 3.8) is 0 Å². The van der Waals surface area contributed by atoms with E-state index in [2.05, 4.69) is 24.3 Å². The molecule has 2 aromatic rings. The molecule has 4 heteroatoms. The van der Waals surface area contributed by atoms with Crippen LogP contribution in [0.15, 0.2) is 42.5 Å². The van der Waals surface area contributed by atoms with Crippen LogP contribution in [-0.2, 0) is 19.9 Å². The number of hydrogen-bond acceptors (Lipinski definition) is 3. The van der Waals surface area contributed by atoms with E-state index >= 15 is 0 Å². The number of nitrogens with two attached hydrogens (primary N) is 1. The molecule has 25 heavy (non-hydrogen) atoms. The Labute approximate surface area is 150 Å². The third-order valence-corrected chi connectivity index (χ3v) is 4.79. The molecule has 1 aromatic carbocycles. The van der Waals surface area contributed by atoms with Crippen molar-refractivity contribution in [3.8, 4) is 0 Å². The predicted molar refractivity (Wildman–Crippen MR) is 102 cm³/mol. The van der Waals surface area contributed by atoms with E-state index in [1.54, 1.807) is 0 Å². The highest BCUT2D eigenvalue weighted by Gasteiger charge is 2.19. The topological polar surface area (TPSA) is 68.2 Å². The highest BCUT2D eigenvalue weighted by molar-refractivity contribution is 5.94. The van der Waals surface area contributed by atoms with E-state index in [1.165, 1.54) is 5.56 Å².